The van der Waals surface area contributed by atoms with Gasteiger partial charge in [0.1, 0.15) is 11.2 Å². The summed E-state index contributed by atoms with van der Waals surface area (Å²) in [5.74, 6) is 0.692. The topological polar surface area (TPSA) is 38.9 Å². The lowest BCUT2D eigenvalue weighted by molar-refractivity contribution is 0.669. The fraction of sp³-hybridized carbons (Fsp3) is 0. The first-order valence-corrected chi connectivity index (χ1v) is 17.9. The third-order valence-electron chi connectivity index (χ3n) is 10.1. The Morgan fingerprint density at radius 3 is 1.58 bits per heavy atom. The van der Waals surface area contributed by atoms with Crippen LogP contribution in [0.25, 0.3) is 100.0 Å². The molecule has 0 saturated heterocycles. The van der Waals surface area contributed by atoms with Crippen LogP contribution in [0.3, 0.4) is 0 Å². The van der Waals surface area contributed by atoms with Crippen molar-refractivity contribution in [2.75, 3.05) is 0 Å². The summed E-state index contributed by atoms with van der Waals surface area (Å²) in [6.07, 6.45) is 0. The van der Waals surface area contributed by atoms with Gasteiger partial charge in [0, 0.05) is 27.5 Å². The van der Waals surface area contributed by atoms with E-state index in [9.17, 15) is 0 Å². The van der Waals surface area contributed by atoms with Gasteiger partial charge in [-0.2, -0.15) is 0 Å². The van der Waals surface area contributed by atoms with Crippen molar-refractivity contribution in [2.24, 2.45) is 0 Å². The summed E-state index contributed by atoms with van der Waals surface area (Å²) in [7, 11) is 0. The van der Waals surface area contributed by atoms with E-state index in [1.807, 2.05) is 48.5 Å². The second-order valence-corrected chi connectivity index (χ2v) is 13.4. The predicted molar refractivity (Wildman–Crippen MR) is 219 cm³/mol. The number of aromatic nitrogens is 2. The monoisotopic (exact) mass is 676 g/mol. The lowest BCUT2D eigenvalue weighted by Gasteiger charge is -2.14. The third-order valence-corrected chi connectivity index (χ3v) is 10.1. The Hall–Kier alpha value is -7.10. The summed E-state index contributed by atoms with van der Waals surface area (Å²) in [6.45, 7) is 0. The minimum Gasteiger partial charge on any atom is -0.456 e. The molecule has 0 atom stereocenters. The molecule has 2 heterocycles. The Balaban J connectivity index is 1.14. The summed E-state index contributed by atoms with van der Waals surface area (Å²) in [4.78, 5) is 10.2. The van der Waals surface area contributed by atoms with Crippen molar-refractivity contribution >= 4 is 32.7 Å². The summed E-state index contributed by atoms with van der Waals surface area (Å²) in [5.41, 5.74) is 13.3. The van der Waals surface area contributed by atoms with Gasteiger partial charge in [-0.25, -0.2) is 9.97 Å². The highest BCUT2D eigenvalue weighted by Gasteiger charge is 2.15. The molecule has 0 bridgehead atoms. The molecule has 3 heteroatoms. The smallest absolute Gasteiger partial charge is 0.160 e. The van der Waals surface area contributed by atoms with Gasteiger partial charge in [0.2, 0.25) is 0 Å². The molecule has 53 heavy (non-hydrogen) atoms. The van der Waals surface area contributed by atoms with E-state index in [1.165, 1.54) is 21.9 Å². The average molecular weight is 677 g/mol. The average Bonchev–Trinajstić information content (AvgIpc) is 3.62. The van der Waals surface area contributed by atoms with Gasteiger partial charge < -0.3 is 4.42 Å². The number of rotatable bonds is 6. The Bertz CT molecular complexity index is 2870. The van der Waals surface area contributed by atoms with E-state index in [0.717, 1.165) is 72.3 Å². The van der Waals surface area contributed by atoms with E-state index >= 15 is 0 Å². The molecule has 2 aromatic heterocycles. The van der Waals surface area contributed by atoms with Crippen molar-refractivity contribution in [2.45, 2.75) is 0 Å². The molecular weight excluding hydrogens is 645 g/mol. The van der Waals surface area contributed by atoms with Gasteiger partial charge >= 0.3 is 0 Å². The minimum atomic E-state index is 0.692. The maximum atomic E-state index is 6.34. The molecule has 0 aliphatic rings. The number of para-hydroxylation sites is 1. The molecule has 3 nitrogen and oxygen atoms in total. The lowest BCUT2D eigenvalue weighted by atomic mass is 9.93. The van der Waals surface area contributed by atoms with E-state index in [1.54, 1.807) is 0 Å². The van der Waals surface area contributed by atoms with Gasteiger partial charge in [-0.3, -0.25) is 0 Å². The fourth-order valence-corrected chi connectivity index (χ4v) is 7.31. The highest BCUT2D eigenvalue weighted by atomic mass is 16.3. The van der Waals surface area contributed by atoms with Crippen molar-refractivity contribution in [3.63, 3.8) is 0 Å². The minimum absolute atomic E-state index is 0.692. The zero-order valence-electron chi connectivity index (χ0n) is 28.8. The highest BCUT2D eigenvalue weighted by molar-refractivity contribution is 6.06. The normalized spacial score (nSPS) is 11.4. The number of nitrogens with zero attached hydrogens (tertiary/aromatic N) is 2. The largest absolute Gasteiger partial charge is 0.456 e. The first-order valence-electron chi connectivity index (χ1n) is 17.9. The first-order chi connectivity index (χ1) is 26.2. The molecule has 0 saturated carbocycles. The molecule has 8 aromatic carbocycles. The molecule has 0 aliphatic carbocycles. The van der Waals surface area contributed by atoms with Crippen molar-refractivity contribution in [1.29, 1.82) is 0 Å². The molecular formula is C50H32N2O. The van der Waals surface area contributed by atoms with Gasteiger partial charge in [-0.1, -0.05) is 146 Å². The summed E-state index contributed by atoms with van der Waals surface area (Å²) < 4.78 is 6.34. The van der Waals surface area contributed by atoms with Crippen LogP contribution in [-0.4, -0.2) is 9.97 Å². The molecule has 0 aliphatic heterocycles. The maximum Gasteiger partial charge on any atom is 0.160 e. The summed E-state index contributed by atoms with van der Waals surface area (Å²) in [6, 6.07) is 68.2. The van der Waals surface area contributed by atoms with Gasteiger partial charge in [0.15, 0.2) is 5.82 Å². The van der Waals surface area contributed by atoms with Crippen LogP contribution in [0.5, 0.6) is 0 Å². The first kappa shape index (κ1) is 30.7. The van der Waals surface area contributed by atoms with Crippen LogP contribution in [0.1, 0.15) is 0 Å². The molecule has 0 unspecified atom stereocenters. The van der Waals surface area contributed by atoms with Crippen LogP contribution in [0.15, 0.2) is 199 Å². The summed E-state index contributed by atoms with van der Waals surface area (Å²) >= 11 is 0. The van der Waals surface area contributed by atoms with Gasteiger partial charge in [0.25, 0.3) is 0 Å². The van der Waals surface area contributed by atoms with Crippen LogP contribution < -0.4 is 0 Å². The zero-order valence-corrected chi connectivity index (χ0v) is 28.8. The van der Waals surface area contributed by atoms with Gasteiger partial charge in [-0.15, -0.1) is 0 Å². The molecule has 10 aromatic rings. The second kappa shape index (κ2) is 12.9. The maximum absolute atomic E-state index is 6.34. The standard InChI is InChI=1S/C50H32N2O/c1-3-12-36(13-4-1)46-32-47(52-50(51-46)37-14-5-2-6-15-37)43-29-41(35-21-19-34(20-22-35)39-24-23-33-11-7-8-16-38(33)27-39)28-42(30-43)40-25-26-45-44-17-9-10-18-48(44)53-49(45)31-40/h1-32H. The van der Waals surface area contributed by atoms with Crippen molar-refractivity contribution in [3.8, 4) is 67.3 Å². The third kappa shape index (κ3) is 5.85. The Labute approximate surface area is 307 Å². The molecule has 0 radical (unpaired) electrons. The number of hydrogen-bond donors (Lipinski definition) is 0. The van der Waals surface area contributed by atoms with Crippen LogP contribution in [0.4, 0.5) is 0 Å². The zero-order chi connectivity index (χ0) is 35.1. The Morgan fingerprint density at radius 1 is 0.283 bits per heavy atom. The number of benzene rings is 8. The van der Waals surface area contributed by atoms with E-state index in [4.69, 9.17) is 14.4 Å². The van der Waals surface area contributed by atoms with Crippen molar-refractivity contribution in [3.05, 3.63) is 194 Å². The number of fused-ring (bicyclic) bond motifs is 4. The molecule has 10 rings (SSSR count). The van der Waals surface area contributed by atoms with E-state index < -0.39 is 0 Å². The molecule has 0 amide bonds. The van der Waals surface area contributed by atoms with Crippen molar-refractivity contribution in [1.82, 2.24) is 9.97 Å². The molecule has 0 N–H and O–H groups in total. The van der Waals surface area contributed by atoms with Crippen LogP contribution in [0.2, 0.25) is 0 Å². The molecule has 0 fully saturated rings. The van der Waals surface area contributed by atoms with Gasteiger partial charge in [-0.05, 0) is 92.7 Å². The number of furan rings is 1. The lowest BCUT2D eigenvalue weighted by Crippen LogP contribution is -1.96. The number of hydrogen-bond acceptors (Lipinski definition) is 3. The van der Waals surface area contributed by atoms with Crippen LogP contribution >= 0.6 is 0 Å². The Kier molecular flexibility index (Phi) is 7.47. The van der Waals surface area contributed by atoms with E-state index in [-0.39, 0.29) is 0 Å². The SMILES string of the molecule is c1ccc(-c2cc(-c3cc(-c4ccc(-c5ccc6ccccc6c5)cc4)cc(-c4ccc5c(c4)oc4ccccc45)c3)nc(-c3ccccc3)n2)cc1. The second-order valence-electron chi connectivity index (χ2n) is 13.4. The van der Waals surface area contributed by atoms with Gasteiger partial charge in [0.05, 0.1) is 11.4 Å². The fourth-order valence-electron chi connectivity index (χ4n) is 7.31. The van der Waals surface area contributed by atoms with Crippen LogP contribution in [-0.2, 0) is 0 Å². The summed E-state index contributed by atoms with van der Waals surface area (Å²) in [5, 5.41) is 4.72. The molecule has 0 spiro atoms. The highest BCUT2D eigenvalue weighted by Crippen LogP contribution is 2.38. The Morgan fingerprint density at radius 2 is 0.811 bits per heavy atom. The van der Waals surface area contributed by atoms with E-state index in [0.29, 0.717) is 5.82 Å². The predicted octanol–water partition coefficient (Wildman–Crippen LogP) is 13.5. The quantitative estimate of drug-likeness (QED) is 0.176. The van der Waals surface area contributed by atoms with Crippen LogP contribution in [0, 0.1) is 0 Å². The van der Waals surface area contributed by atoms with E-state index in [2.05, 4.69) is 146 Å². The van der Waals surface area contributed by atoms with Crippen molar-refractivity contribution < 1.29 is 4.42 Å². The molecule has 248 valence electrons.